The van der Waals surface area contributed by atoms with Gasteiger partial charge in [0.1, 0.15) is 17.6 Å². The molecule has 160 valence electrons. The summed E-state index contributed by atoms with van der Waals surface area (Å²) >= 11 is 0. The van der Waals surface area contributed by atoms with Crippen LogP contribution in [0.3, 0.4) is 0 Å². The number of amides is 3. The standard InChI is InChI=1S/C20H25FN6O3/c1-2-7-23-18(28)13-25-8-10-26(11-9-25)20(30)16-12-17(19(22)29)27(24-16)15-5-3-14(21)4-6-15/h2-6,17H,1,7-13H2,(H2,22,29)(H,23,28). The Balaban J connectivity index is 1.62. The van der Waals surface area contributed by atoms with Crippen LogP contribution in [0.4, 0.5) is 10.1 Å². The number of carbonyl (C=O) groups excluding carboxylic acids is 3. The van der Waals surface area contributed by atoms with Crippen LogP contribution in [-0.4, -0.2) is 78.5 Å². The van der Waals surface area contributed by atoms with Gasteiger partial charge in [-0.1, -0.05) is 6.08 Å². The van der Waals surface area contributed by atoms with Gasteiger partial charge in [-0.15, -0.1) is 6.58 Å². The van der Waals surface area contributed by atoms with E-state index in [2.05, 4.69) is 17.0 Å². The van der Waals surface area contributed by atoms with Gasteiger partial charge >= 0.3 is 0 Å². The number of nitrogens with zero attached hydrogens (tertiary/aromatic N) is 4. The Hall–Kier alpha value is -3.27. The second-order valence-corrected chi connectivity index (χ2v) is 7.15. The predicted octanol–water partition coefficient (Wildman–Crippen LogP) is -0.308. The van der Waals surface area contributed by atoms with Crippen LogP contribution in [0.15, 0.2) is 42.0 Å². The summed E-state index contributed by atoms with van der Waals surface area (Å²) in [6, 6.07) is 4.68. The van der Waals surface area contributed by atoms with Crippen molar-refractivity contribution in [1.29, 1.82) is 0 Å². The molecule has 0 aromatic heterocycles. The molecule has 3 amide bonds. The molecule has 1 unspecified atom stereocenters. The van der Waals surface area contributed by atoms with E-state index in [-0.39, 0.29) is 30.5 Å². The topological polar surface area (TPSA) is 111 Å². The Labute approximate surface area is 174 Å². The van der Waals surface area contributed by atoms with Crippen molar-refractivity contribution < 1.29 is 18.8 Å². The molecule has 1 saturated heterocycles. The predicted molar refractivity (Wildman–Crippen MR) is 110 cm³/mol. The molecule has 0 spiro atoms. The molecule has 2 aliphatic heterocycles. The molecule has 2 heterocycles. The molecule has 1 atom stereocenters. The van der Waals surface area contributed by atoms with Gasteiger partial charge in [0, 0.05) is 39.1 Å². The van der Waals surface area contributed by atoms with Gasteiger partial charge in [0.25, 0.3) is 5.91 Å². The highest BCUT2D eigenvalue weighted by Gasteiger charge is 2.37. The lowest BCUT2D eigenvalue weighted by atomic mass is 10.1. The zero-order chi connectivity index (χ0) is 21.7. The van der Waals surface area contributed by atoms with Crippen molar-refractivity contribution in [2.45, 2.75) is 12.5 Å². The van der Waals surface area contributed by atoms with Crippen molar-refractivity contribution in [2.24, 2.45) is 10.8 Å². The number of hydrogen-bond donors (Lipinski definition) is 2. The summed E-state index contributed by atoms with van der Waals surface area (Å²) < 4.78 is 13.2. The van der Waals surface area contributed by atoms with Crippen LogP contribution in [0.2, 0.25) is 0 Å². The number of piperazine rings is 1. The smallest absolute Gasteiger partial charge is 0.270 e. The highest BCUT2D eigenvalue weighted by molar-refractivity contribution is 6.40. The number of primary amides is 1. The SMILES string of the molecule is C=CCNC(=O)CN1CCN(C(=O)C2=NN(c3ccc(F)cc3)C(C(N)=O)C2)CC1. The van der Waals surface area contributed by atoms with Gasteiger partial charge in [-0.25, -0.2) is 4.39 Å². The first-order chi connectivity index (χ1) is 14.4. The van der Waals surface area contributed by atoms with Gasteiger partial charge in [-0.2, -0.15) is 5.10 Å². The van der Waals surface area contributed by atoms with Gasteiger partial charge in [-0.3, -0.25) is 24.3 Å². The molecule has 3 N–H and O–H groups in total. The molecule has 30 heavy (non-hydrogen) atoms. The van der Waals surface area contributed by atoms with Gasteiger partial charge in [-0.05, 0) is 24.3 Å². The average Bonchev–Trinajstić information content (AvgIpc) is 3.18. The third-order valence-electron chi connectivity index (χ3n) is 5.05. The zero-order valence-electron chi connectivity index (χ0n) is 16.6. The van der Waals surface area contributed by atoms with Crippen molar-refractivity contribution >= 4 is 29.1 Å². The number of nitrogens with two attached hydrogens (primary N) is 1. The number of benzene rings is 1. The maximum atomic E-state index is 13.2. The highest BCUT2D eigenvalue weighted by atomic mass is 19.1. The number of anilines is 1. The Morgan fingerprint density at radius 3 is 2.47 bits per heavy atom. The summed E-state index contributed by atoms with van der Waals surface area (Å²) in [7, 11) is 0. The van der Waals surface area contributed by atoms with Crippen LogP contribution in [0.5, 0.6) is 0 Å². The number of carbonyl (C=O) groups is 3. The maximum Gasteiger partial charge on any atom is 0.270 e. The lowest BCUT2D eigenvalue weighted by Crippen LogP contribution is -2.52. The summed E-state index contributed by atoms with van der Waals surface area (Å²) in [4.78, 5) is 40.2. The maximum absolute atomic E-state index is 13.2. The number of hydrogen-bond acceptors (Lipinski definition) is 6. The molecule has 1 fully saturated rings. The van der Waals surface area contributed by atoms with Crippen molar-refractivity contribution in [3.63, 3.8) is 0 Å². The first-order valence-corrected chi connectivity index (χ1v) is 9.70. The van der Waals surface area contributed by atoms with Gasteiger partial charge in [0.05, 0.1) is 12.2 Å². The minimum Gasteiger partial charge on any atom is -0.368 e. The van der Waals surface area contributed by atoms with Crippen molar-refractivity contribution in [2.75, 3.05) is 44.3 Å². The quantitative estimate of drug-likeness (QED) is 0.593. The van der Waals surface area contributed by atoms with Crippen LogP contribution in [-0.2, 0) is 14.4 Å². The largest absolute Gasteiger partial charge is 0.368 e. The second kappa shape index (κ2) is 9.49. The van der Waals surface area contributed by atoms with E-state index < -0.39 is 17.8 Å². The molecular formula is C20H25FN6O3. The lowest BCUT2D eigenvalue weighted by Gasteiger charge is -2.34. The third-order valence-corrected chi connectivity index (χ3v) is 5.05. The van der Waals surface area contributed by atoms with E-state index in [4.69, 9.17) is 5.73 Å². The summed E-state index contributed by atoms with van der Waals surface area (Å²) in [6.07, 6.45) is 1.71. The lowest BCUT2D eigenvalue weighted by molar-refractivity contribution is -0.126. The van der Waals surface area contributed by atoms with Crippen LogP contribution in [0.1, 0.15) is 6.42 Å². The monoisotopic (exact) mass is 416 g/mol. The van der Waals surface area contributed by atoms with E-state index in [9.17, 15) is 18.8 Å². The summed E-state index contributed by atoms with van der Waals surface area (Å²) in [5, 5.41) is 8.41. The Kier molecular flexibility index (Phi) is 6.78. The van der Waals surface area contributed by atoms with Gasteiger partial charge < -0.3 is 16.0 Å². The number of hydrazone groups is 1. The molecule has 10 heteroatoms. The molecule has 9 nitrogen and oxygen atoms in total. The van der Waals surface area contributed by atoms with E-state index in [1.807, 2.05) is 4.90 Å². The fourth-order valence-corrected chi connectivity index (χ4v) is 3.43. The molecule has 1 aromatic rings. The molecular weight excluding hydrogens is 391 g/mol. The van der Waals surface area contributed by atoms with E-state index >= 15 is 0 Å². The summed E-state index contributed by atoms with van der Waals surface area (Å²) in [5.74, 6) is -1.37. The fourth-order valence-electron chi connectivity index (χ4n) is 3.43. The Morgan fingerprint density at radius 1 is 1.20 bits per heavy atom. The minimum absolute atomic E-state index is 0.0888. The third kappa shape index (κ3) is 5.01. The zero-order valence-corrected chi connectivity index (χ0v) is 16.6. The first-order valence-electron chi connectivity index (χ1n) is 9.70. The number of rotatable bonds is 7. The van der Waals surface area contributed by atoms with Crippen molar-refractivity contribution in [1.82, 2.24) is 15.1 Å². The van der Waals surface area contributed by atoms with Gasteiger partial charge in [0.2, 0.25) is 11.8 Å². The fraction of sp³-hybridized carbons (Fsp3) is 0.400. The molecule has 3 rings (SSSR count). The molecule has 0 aliphatic carbocycles. The number of halogens is 1. The van der Waals surface area contributed by atoms with Crippen LogP contribution >= 0.6 is 0 Å². The minimum atomic E-state index is -0.802. The molecule has 0 saturated carbocycles. The highest BCUT2D eigenvalue weighted by Crippen LogP contribution is 2.25. The molecule has 1 aromatic carbocycles. The first kappa shape index (κ1) is 21.4. The van der Waals surface area contributed by atoms with E-state index in [1.54, 1.807) is 11.0 Å². The normalized spacial score (nSPS) is 19.4. The summed E-state index contributed by atoms with van der Waals surface area (Å²) in [6.45, 7) is 6.25. The van der Waals surface area contributed by atoms with Gasteiger partial charge in [0.15, 0.2) is 0 Å². The van der Waals surface area contributed by atoms with Crippen molar-refractivity contribution in [3.05, 3.63) is 42.7 Å². The van der Waals surface area contributed by atoms with E-state index in [0.717, 1.165) is 0 Å². The second-order valence-electron chi connectivity index (χ2n) is 7.15. The van der Waals surface area contributed by atoms with E-state index in [0.29, 0.717) is 38.4 Å². The van der Waals surface area contributed by atoms with Crippen LogP contribution in [0, 0.1) is 5.82 Å². The molecule has 0 radical (unpaired) electrons. The van der Waals surface area contributed by atoms with Crippen LogP contribution in [0.25, 0.3) is 0 Å². The van der Waals surface area contributed by atoms with Crippen molar-refractivity contribution in [3.8, 4) is 0 Å². The molecule has 2 aliphatic rings. The number of nitrogens with one attached hydrogen (secondary N) is 1. The molecule has 0 bridgehead atoms. The Morgan fingerprint density at radius 2 is 1.87 bits per heavy atom. The van der Waals surface area contributed by atoms with Crippen LogP contribution < -0.4 is 16.1 Å². The van der Waals surface area contributed by atoms with E-state index in [1.165, 1.54) is 29.3 Å². The average molecular weight is 416 g/mol. The summed E-state index contributed by atoms with van der Waals surface area (Å²) in [5.41, 5.74) is 6.21. The Bertz CT molecular complexity index is 849.